The second kappa shape index (κ2) is 16.9. The summed E-state index contributed by atoms with van der Waals surface area (Å²) >= 11 is 1.56. The fourth-order valence-corrected chi connectivity index (χ4v) is 4.92. The van der Waals surface area contributed by atoms with E-state index in [1.807, 2.05) is 36.6 Å². The van der Waals surface area contributed by atoms with Crippen molar-refractivity contribution in [3.05, 3.63) is 65.2 Å². The highest BCUT2D eigenvalue weighted by Crippen LogP contribution is 2.33. The summed E-state index contributed by atoms with van der Waals surface area (Å²) in [5, 5.41) is 16.8. The third-order valence-electron chi connectivity index (χ3n) is 6.57. The van der Waals surface area contributed by atoms with Gasteiger partial charge in [0.2, 0.25) is 11.8 Å². The van der Waals surface area contributed by atoms with Gasteiger partial charge in [0.25, 0.3) is 0 Å². The van der Waals surface area contributed by atoms with Crippen LogP contribution >= 0.6 is 11.8 Å². The number of phenolic OH excluding ortho intramolecular Hbond substituents is 1. The molecule has 0 aliphatic rings. The summed E-state index contributed by atoms with van der Waals surface area (Å²) in [6, 6.07) is 12.7. The number of phenols is 1. The maximum atomic E-state index is 14.3. The lowest BCUT2D eigenvalue weighted by Gasteiger charge is -2.35. The Morgan fingerprint density at radius 1 is 1.02 bits per heavy atom. The molecular weight excluding hydrogens is 538 g/mol. The molecule has 0 saturated carbocycles. The summed E-state index contributed by atoms with van der Waals surface area (Å²) in [5.74, 6) is -0.197. The van der Waals surface area contributed by atoms with E-state index in [4.69, 9.17) is 4.74 Å². The molecule has 0 aliphatic carbocycles. The summed E-state index contributed by atoms with van der Waals surface area (Å²) in [6.07, 6.45) is 5.18. The smallest absolute Gasteiger partial charge is 0.408 e. The number of aryl methyl sites for hydroxylation is 1. The summed E-state index contributed by atoms with van der Waals surface area (Å²) in [5.41, 5.74) is 1.13. The lowest BCUT2D eigenvalue weighted by molar-refractivity contribution is -0.142. The van der Waals surface area contributed by atoms with Crippen molar-refractivity contribution in [2.75, 3.05) is 18.6 Å². The molecule has 0 fully saturated rings. The highest BCUT2D eigenvalue weighted by molar-refractivity contribution is 7.98. The van der Waals surface area contributed by atoms with Crippen molar-refractivity contribution in [1.82, 2.24) is 15.5 Å². The van der Waals surface area contributed by atoms with Crippen LogP contribution in [-0.2, 0) is 20.9 Å². The van der Waals surface area contributed by atoms with E-state index in [0.717, 1.165) is 24.8 Å². The number of rotatable bonds is 15. The number of thioether (sulfide) groups is 1. The second-order valence-corrected chi connectivity index (χ2v) is 12.2. The van der Waals surface area contributed by atoms with Crippen LogP contribution in [0.2, 0.25) is 0 Å². The van der Waals surface area contributed by atoms with Crippen LogP contribution in [0.1, 0.15) is 82.5 Å². The first-order valence-corrected chi connectivity index (χ1v) is 15.8. The van der Waals surface area contributed by atoms with Crippen molar-refractivity contribution in [1.29, 1.82) is 0 Å². The fourth-order valence-electron chi connectivity index (χ4n) is 4.45. The summed E-state index contributed by atoms with van der Waals surface area (Å²) in [7, 11) is 0. The molecule has 2 unspecified atom stereocenters. The van der Waals surface area contributed by atoms with Gasteiger partial charge in [0, 0.05) is 18.7 Å². The molecule has 0 saturated heterocycles. The monoisotopic (exact) mass is 585 g/mol. The molecular formula is C32H47N3O5S. The van der Waals surface area contributed by atoms with Crippen LogP contribution in [0.5, 0.6) is 5.75 Å². The van der Waals surface area contributed by atoms with Crippen LogP contribution in [0.25, 0.3) is 0 Å². The number of carbonyl (C=O) groups excluding carboxylic acids is 3. The van der Waals surface area contributed by atoms with Gasteiger partial charge in [0.15, 0.2) is 0 Å². The number of para-hydroxylation sites is 1. The van der Waals surface area contributed by atoms with Crippen LogP contribution < -0.4 is 10.6 Å². The number of unbranched alkanes of at least 4 members (excludes halogenated alkanes) is 3. The number of benzene rings is 2. The minimum Gasteiger partial charge on any atom is -0.507 e. The van der Waals surface area contributed by atoms with E-state index in [-0.39, 0.29) is 18.2 Å². The van der Waals surface area contributed by atoms with Crippen molar-refractivity contribution < 1.29 is 24.2 Å². The molecule has 0 aromatic heterocycles. The molecule has 0 aliphatic heterocycles. The van der Waals surface area contributed by atoms with Gasteiger partial charge in [-0.05, 0) is 63.7 Å². The highest BCUT2D eigenvalue weighted by atomic mass is 32.2. The molecule has 0 spiro atoms. The average Bonchev–Trinajstić information content (AvgIpc) is 2.92. The van der Waals surface area contributed by atoms with Crippen molar-refractivity contribution in [3.8, 4) is 5.75 Å². The molecule has 2 atom stereocenters. The van der Waals surface area contributed by atoms with Gasteiger partial charge < -0.3 is 25.4 Å². The van der Waals surface area contributed by atoms with Crippen molar-refractivity contribution in [2.45, 2.75) is 91.0 Å². The van der Waals surface area contributed by atoms with E-state index in [2.05, 4.69) is 17.6 Å². The van der Waals surface area contributed by atoms with E-state index >= 15 is 0 Å². The number of amides is 3. The number of nitrogens with zero attached hydrogens (tertiary/aromatic N) is 1. The van der Waals surface area contributed by atoms with Crippen molar-refractivity contribution >= 4 is 29.7 Å². The van der Waals surface area contributed by atoms with Gasteiger partial charge in [-0.25, -0.2) is 4.79 Å². The molecule has 226 valence electrons. The Morgan fingerprint density at radius 2 is 1.73 bits per heavy atom. The predicted molar refractivity (Wildman–Crippen MR) is 166 cm³/mol. The lowest BCUT2D eigenvalue weighted by Crippen LogP contribution is -2.53. The van der Waals surface area contributed by atoms with Gasteiger partial charge in [0.05, 0.1) is 0 Å². The molecule has 0 heterocycles. The van der Waals surface area contributed by atoms with E-state index in [9.17, 15) is 19.5 Å². The SMILES string of the molecule is CCCCCCN(C(=O)C(CCSC)NC(=O)OC(C)(C)C)C(C(=O)NCc1ccccc1)c1cccc(C)c1O. The van der Waals surface area contributed by atoms with Gasteiger partial charge in [0.1, 0.15) is 23.4 Å². The van der Waals surface area contributed by atoms with Crippen LogP contribution in [0.3, 0.4) is 0 Å². The lowest BCUT2D eigenvalue weighted by atomic mass is 9.98. The summed E-state index contributed by atoms with van der Waals surface area (Å²) < 4.78 is 5.46. The molecule has 0 bridgehead atoms. The second-order valence-electron chi connectivity index (χ2n) is 11.2. The van der Waals surface area contributed by atoms with Gasteiger partial charge in [-0.3, -0.25) is 9.59 Å². The molecule has 2 aromatic carbocycles. The zero-order chi connectivity index (χ0) is 30.4. The van der Waals surface area contributed by atoms with Crippen molar-refractivity contribution in [2.24, 2.45) is 0 Å². The zero-order valence-corrected chi connectivity index (χ0v) is 26.2. The maximum absolute atomic E-state index is 14.3. The first-order valence-electron chi connectivity index (χ1n) is 14.4. The van der Waals surface area contributed by atoms with Gasteiger partial charge in [-0.1, -0.05) is 74.7 Å². The Kier molecular flexibility index (Phi) is 14.0. The zero-order valence-electron chi connectivity index (χ0n) is 25.4. The number of hydrogen-bond acceptors (Lipinski definition) is 6. The largest absolute Gasteiger partial charge is 0.507 e. The molecule has 2 aromatic rings. The quantitative estimate of drug-likeness (QED) is 0.218. The maximum Gasteiger partial charge on any atom is 0.408 e. The van der Waals surface area contributed by atoms with Gasteiger partial charge in [-0.15, -0.1) is 0 Å². The Bertz CT molecular complexity index is 1120. The van der Waals surface area contributed by atoms with Gasteiger partial charge in [-0.2, -0.15) is 11.8 Å². The Hall–Kier alpha value is -3.20. The number of nitrogens with one attached hydrogen (secondary N) is 2. The Balaban J connectivity index is 2.51. The van der Waals surface area contributed by atoms with E-state index < -0.39 is 29.7 Å². The minimum atomic E-state index is -1.09. The van der Waals surface area contributed by atoms with E-state index in [0.29, 0.717) is 36.3 Å². The molecule has 0 radical (unpaired) electrons. The normalized spacial score (nSPS) is 12.7. The number of carbonyl (C=O) groups is 3. The number of alkyl carbamates (subject to hydrolysis) is 1. The summed E-state index contributed by atoms with van der Waals surface area (Å²) in [6.45, 7) is 9.72. The molecule has 2 rings (SSSR count). The standard InChI is InChI=1S/C32H47N3O5S/c1-7-8-9-13-20-35(30(38)26(19-21-41-6)34-31(39)40-32(3,4)5)27(25-18-14-15-23(2)28(25)36)29(37)33-22-24-16-11-10-12-17-24/h10-12,14-18,26-27,36H,7-9,13,19-22H2,1-6H3,(H,33,37)(H,34,39). The van der Waals surface area contributed by atoms with Crippen molar-refractivity contribution in [3.63, 3.8) is 0 Å². The molecule has 9 heteroatoms. The van der Waals surface area contributed by atoms with Crippen LogP contribution in [0, 0.1) is 6.92 Å². The molecule has 3 amide bonds. The number of ether oxygens (including phenoxy) is 1. The van der Waals surface area contributed by atoms with Crippen LogP contribution in [-0.4, -0.2) is 58.1 Å². The number of aromatic hydroxyl groups is 1. The third-order valence-corrected chi connectivity index (χ3v) is 7.21. The highest BCUT2D eigenvalue weighted by Gasteiger charge is 2.37. The average molecular weight is 586 g/mol. The predicted octanol–water partition coefficient (Wildman–Crippen LogP) is 6.11. The molecule has 3 N–H and O–H groups in total. The Labute approximate surface area is 249 Å². The number of hydrogen-bond donors (Lipinski definition) is 3. The minimum absolute atomic E-state index is 0.0283. The molecule has 8 nitrogen and oxygen atoms in total. The first kappa shape index (κ1) is 34.0. The summed E-state index contributed by atoms with van der Waals surface area (Å²) in [4.78, 5) is 42.5. The van der Waals surface area contributed by atoms with Crippen LogP contribution in [0.15, 0.2) is 48.5 Å². The Morgan fingerprint density at radius 3 is 2.37 bits per heavy atom. The fraction of sp³-hybridized carbons (Fsp3) is 0.531. The molecule has 41 heavy (non-hydrogen) atoms. The third kappa shape index (κ3) is 11.3. The van der Waals surface area contributed by atoms with E-state index in [1.54, 1.807) is 57.7 Å². The van der Waals surface area contributed by atoms with Gasteiger partial charge >= 0.3 is 6.09 Å². The van der Waals surface area contributed by atoms with Crippen LogP contribution in [0.4, 0.5) is 4.79 Å². The first-order chi connectivity index (χ1) is 19.5. The topological polar surface area (TPSA) is 108 Å². The van der Waals surface area contributed by atoms with E-state index in [1.165, 1.54) is 4.90 Å².